The average Bonchev–Trinajstić information content (AvgIpc) is 2.46. The fraction of sp³-hybridized carbons (Fsp3) is 0.267. The highest BCUT2D eigenvalue weighted by Gasteiger charge is 2.26. The maximum absolute atomic E-state index is 12.1. The first-order valence-corrected chi connectivity index (χ1v) is 6.41. The first-order chi connectivity index (χ1) is 9.31. The van der Waals surface area contributed by atoms with Crippen molar-refractivity contribution in [1.82, 2.24) is 5.32 Å². The third-order valence-corrected chi connectivity index (χ3v) is 3.37. The number of likely N-dealkylation sites (N-methyl/N-ethyl adjacent to an activating group) is 1. The molecular weight excluding hydrogens is 240 g/mol. The maximum Gasteiger partial charge on any atom is 0.265 e. The van der Waals surface area contributed by atoms with Crippen molar-refractivity contribution in [3.8, 4) is 5.75 Å². The molecule has 1 aliphatic heterocycles. The number of carbonyl (C=O) groups excluding carboxylic acids is 1. The van der Waals surface area contributed by atoms with Crippen LogP contribution in [0.5, 0.6) is 5.75 Å². The van der Waals surface area contributed by atoms with Gasteiger partial charge in [-0.15, -0.1) is 0 Å². The Morgan fingerprint density at radius 3 is 2.95 bits per heavy atom. The summed E-state index contributed by atoms with van der Waals surface area (Å²) in [5, 5.41) is 5.26. The highest BCUT2D eigenvalue weighted by molar-refractivity contribution is 6.08. The number of nitrogens with zero attached hydrogens (tertiary/aromatic N) is 1. The number of benzene rings is 2. The Kier molecular flexibility index (Phi) is 3.09. The lowest BCUT2D eigenvalue weighted by molar-refractivity contribution is -0.121. The number of carbonyl (C=O) groups is 1. The summed E-state index contributed by atoms with van der Waals surface area (Å²) < 4.78 is 5.54. The lowest BCUT2D eigenvalue weighted by Crippen LogP contribution is -2.42. The van der Waals surface area contributed by atoms with Gasteiger partial charge in [0.25, 0.3) is 5.91 Å². The predicted octanol–water partition coefficient (Wildman–Crippen LogP) is 1.78. The zero-order valence-corrected chi connectivity index (χ0v) is 10.8. The van der Waals surface area contributed by atoms with Crippen LogP contribution >= 0.6 is 0 Å². The quantitative estimate of drug-likeness (QED) is 0.910. The van der Waals surface area contributed by atoms with Crippen molar-refractivity contribution in [3.05, 3.63) is 36.4 Å². The first kappa shape index (κ1) is 12.0. The summed E-state index contributed by atoms with van der Waals surface area (Å²) in [4.78, 5) is 13.9. The Morgan fingerprint density at radius 2 is 2.11 bits per heavy atom. The van der Waals surface area contributed by atoms with E-state index < -0.39 is 0 Å². The van der Waals surface area contributed by atoms with Crippen molar-refractivity contribution >= 4 is 22.4 Å². The largest absolute Gasteiger partial charge is 0.482 e. The molecule has 4 nitrogen and oxygen atoms in total. The number of hydrogen-bond donors (Lipinski definition) is 1. The molecule has 0 fully saturated rings. The average molecular weight is 256 g/mol. The van der Waals surface area contributed by atoms with E-state index in [1.165, 1.54) is 0 Å². The fourth-order valence-corrected chi connectivity index (χ4v) is 2.43. The number of hydrogen-bond acceptors (Lipinski definition) is 3. The van der Waals surface area contributed by atoms with Gasteiger partial charge in [0, 0.05) is 18.5 Å². The predicted molar refractivity (Wildman–Crippen MR) is 75.7 cm³/mol. The number of anilines is 1. The molecule has 0 spiro atoms. The molecule has 2 aromatic carbocycles. The zero-order chi connectivity index (χ0) is 13.2. The second-order valence-electron chi connectivity index (χ2n) is 4.57. The zero-order valence-electron chi connectivity index (χ0n) is 10.8. The van der Waals surface area contributed by atoms with Crippen LogP contribution in [0.3, 0.4) is 0 Å². The van der Waals surface area contributed by atoms with E-state index in [4.69, 9.17) is 4.74 Å². The number of nitrogens with one attached hydrogen (secondary N) is 1. The van der Waals surface area contributed by atoms with E-state index in [-0.39, 0.29) is 12.5 Å². The van der Waals surface area contributed by atoms with Gasteiger partial charge < -0.3 is 15.0 Å². The van der Waals surface area contributed by atoms with Crippen LogP contribution < -0.4 is 15.0 Å². The second-order valence-corrected chi connectivity index (χ2v) is 4.57. The van der Waals surface area contributed by atoms with Gasteiger partial charge in [0.2, 0.25) is 0 Å². The van der Waals surface area contributed by atoms with Crippen LogP contribution in [-0.2, 0) is 4.79 Å². The minimum absolute atomic E-state index is 0.0131. The van der Waals surface area contributed by atoms with Crippen molar-refractivity contribution in [1.29, 1.82) is 0 Å². The van der Waals surface area contributed by atoms with E-state index in [0.29, 0.717) is 6.54 Å². The molecule has 0 saturated heterocycles. The SMILES string of the molecule is CNCCN1C(=O)COc2ccc3ccccc3c21. The minimum atomic E-state index is 0.0131. The van der Waals surface area contributed by atoms with Crippen LogP contribution in [0.15, 0.2) is 36.4 Å². The van der Waals surface area contributed by atoms with Gasteiger partial charge in [-0.05, 0) is 18.5 Å². The van der Waals surface area contributed by atoms with Crippen molar-refractivity contribution in [3.63, 3.8) is 0 Å². The van der Waals surface area contributed by atoms with Crippen LogP contribution in [0.1, 0.15) is 0 Å². The molecule has 0 atom stereocenters. The van der Waals surface area contributed by atoms with Crippen LogP contribution in [-0.4, -0.2) is 32.7 Å². The molecule has 1 aliphatic rings. The molecule has 19 heavy (non-hydrogen) atoms. The number of ether oxygens (including phenoxy) is 1. The van der Waals surface area contributed by atoms with E-state index in [1.54, 1.807) is 0 Å². The number of amides is 1. The summed E-state index contributed by atoms with van der Waals surface area (Å²) in [6.45, 7) is 1.53. The normalized spacial score (nSPS) is 14.4. The van der Waals surface area contributed by atoms with Crippen molar-refractivity contribution in [2.45, 2.75) is 0 Å². The highest BCUT2D eigenvalue weighted by Crippen LogP contribution is 2.38. The molecule has 3 rings (SSSR count). The van der Waals surface area contributed by atoms with E-state index in [0.717, 1.165) is 28.8 Å². The molecule has 1 heterocycles. The Hall–Kier alpha value is -2.07. The van der Waals surface area contributed by atoms with E-state index >= 15 is 0 Å². The third-order valence-electron chi connectivity index (χ3n) is 3.37. The first-order valence-electron chi connectivity index (χ1n) is 6.41. The summed E-state index contributed by atoms with van der Waals surface area (Å²) in [6, 6.07) is 12.0. The van der Waals surface area contributed by atoms with Crippen molar-refractivity contribution < 1.29 is 9.53 Å². The van der Waals surface area contributed by atoms with Gasteiger partial charge in [0.1, 0.15) is 5.75 Å². The minimum Gasteiger partial charge on any atom is -0.482 e. The van der Waals surface area contributed by atoms with Crippen LogP contribution in [0.25, 0.3) is 10.8 Å². The summed E-state index contributed by atoms with van der Waals surface area (Å²) in [5.74, 6) is 0.800. The van der Waals surface area contributed by atoms with Gasteiger partial charge in [0.05, 0.1) is 5.69 Å². The molecule has 0 bridgehead atoms. The van der Waals surface area contributed by atoms with Crippen LogP contribution in [0, 0.1) is 0 Å². The van der Waals surface area contributed by atoms with Crippen molar-refractivity contribution in [2.75, 3.05) is 31.6 Å². The van der Waals surface area contributed by atoms with Gasteiger partial charge in [-0.3, -0.25) is 4.79 Å². The summed E-state index contributed by atoms with van der Waals surface area (Å²) in [7, 11) is 1.88. The van der Waals surface area contributed by atoms with Crippen LogP contribution in [0.4, 0.5) is 5.69 Å². The summed E-state index contributed by atoms with van der Waals surface area (Å²) in [6.07, 6.45) is 0. The van der Waals surface area contributed by atoms with Gasteiger partial charge in [-0.2, -0.15) is 0 Å². The molecule has 0 saturated carbocycles. The standard InChI is InChI=1S/C15H16N2O2/c1-16-8-9-17-14(18)10-19-13-7-6-11-4-2-3-5-12(11)15(13)17/h2-7,16H,8-10H2,1H3. The Morgan fingerprint density at radius 1 is 1.26 bits per heavy atom. The van der Waals surface area contributed by atoms with E-state index in [1.807, 2.05) is 48.3 Å². The molecule has 2 aromatic rings. The third kappa shape index (κ3) is 2.04. The molecule has 98 valence electrons. The van der Waals surface area contributed by atoms with E-state index in [9.17, 15) is 4.79 Å². The molecule has 1 amide bonds. The molecular formula is C15H16N2O2. The molecule has 0 radical (unpaired) electrons. The molecule has 4 heteroatoms. The lowest BCUT2D eigenvalue weighted by Gasteiger charge is -2.30. The van der Waals surface area contributed by atoms with E-state index in [2.05, 4.69) is 5.32 Å². The van der Waals surface area contributed by atoms with Gasteiger partial charge in [-0.25, -0.2) is 0 Å². The maximum atomic E-state index is 12.1. The molecule has 1 N–H and O–H groups in total. The van der Waals surface area contributed by atoms with Gasteiger partial charge >= 0.3 is 0 Å². The second kappa shape index (κ2) is 4.90. The molecule has 0 aromatic heterocycles. The van der Waals surface area contributed by atoms with Gasteiger partial charge in [-0.1, -0.05) is 30.3 Å². The topological polar surface area (TPSA) is 41.6 Å². The Balaban J connectivity index is 2.15. The highest BCUT2D eigenvalue weighted by atomic mass is 16.5. The molecule has 0 unspecified atom stereocenters. The Bertz CT molecular complexity index is 625. The lowest BCUT2D eigenvalue weighted by atomic mass is 10.1. The smallest absolute Gasteiger partial charge is 0.265 e. The van der Waals surface area contributed by atoms with Crippen molar-refractivity contribution in [2.24, 2.45) is 0 Å². The molecule has 0 aliphatic carbocycles. The summed E-state index contributed by atoms with van der Waals surface area (Å²) in [5.41, 5.74) is 0.893. The van der Waals surface area contributed by atoms with Gasteiger partial charge in [0.15, 0.2) is 6.61 Å². The monoisotopic (exact) mass is 256 g/mol. The summed E-state index contributed by atoms with van der Waals surface area (Å²) >= 11 is 0. The number of rotatable bonds is 3. The van der Waals surface area contributed by atoms with Crippen LogP contribution in [0.2, 0.25) is 0 Å². The number of fused-ring (bicyclic) bond motifs is 3. The fourth-order valence-electron chi connectivity index (χ4n) is 2.43. The Labute approximate surface area is 112 Å².